The Hall–Kier alpha value is -2.93. The summed E-state index contributed by atoms with van der Waals surface area (Å²) < 4.78 is 14.1. The largest absolute Gasteiger partial charge is 0.325 e. The predicted molar refractivity (Wildman–Crippen MR) is 93.5 cm³/mol. The van der Waals surface area contributed by atoms with Crippen LogP contribution in [0.2, 0.25) is 5.02 Å². The van der Waals surface area contributed by atoms with Crippen LogP contribution in [-0.2, 0) is 11.3 Å². The zero-order chi connectivity index (χ0) is 18.0. The summed E-state index contributed by atoms with van der Waals surface area (Å²) in [7, 11) is 0. The first-order valence-electron chi connectivity index (χ1n) is 7.42. The lowest BCUT2D eigenvalue weighted by atomic mass is 10.2. The van der Waals surface area contributed by atoms with E-state index in [1.165, 1.54) is 12.1 Å². The lowest BCUT2D eigenvalue weighted by molar-refractivity contribution is -0.116. The van der Waals surface area contributed by atoms with E-state index in [0.29, 0.717) is 5.39 Å². The van der Waals surface area contributed by atoms with Crippen molar-refractivity contribution in [3.8, 4) is 0 Å². The van der Waals surface area contributed by atoms with Crippen LogP contribution in [0.4, 0.5) is 10.1 Å². The number of nitrogens with zero attached hydrogens (tertiary/aromatic N) is 1. The average molecular weight is 362 g/mol. The first-order valence-corrected chi connectivity index (χ1v) is 7.80. The van der Waals surface area contributed by atoms with Crippen LogP contribution in [0.5, 0.6) is 0 Å². The van der Waals surface area contributed by atoms with E-state index < -0.39 is 17.3 Å². The van der Waals surface area contributed by atoms with Crippen molar-refractivity contribution in [2.75, 3.05) is 5.32 Å². The van der Waals surface area contributed by atoms with Crippen LogP contribution < -0.4 is 16.4 Å². The topological polar surface area (TPSA) is 84.0 Å². The van der Waals surface area contributed by atoms with Crippen molar-refractivity contribution in [3.63, 3.8) is 0 Å². The van der Waals surface area contributed by atoms with E-state index in [-0.39, 0.29) is 34.6 Å². The van der Waals surface area contributed by atoms with Gasteiger partial charge in [0.05, 0.1) is 28.0 Å². The van der Waals surface area contributed by atoms with Gasteiger partial charge in [-0.3, -0.25) is 19.5 Å². The number of aryl methyl sites for hydroxylation is 1. The highest BCUT2D eigenvalue weighted by atomic mass is 35.5. The third-order valence-electron chi connectivity index (χ3n) is 3.65. The first kappa shape index (κ1) is 16.9. The fraction of sp³-hybridized carbons (Fsp3) is 0.118. The van der Waals surface area contributed by atoms with Crippen molar-refractivity contribution in [2.45, 2.75) is 13.0 Å². The molecule has 0 radical (unpaired) electrons. The minimum Gasteiger partial charge on any atom is -0.325 e. The maximum atomic E-state index is 13.0. The SMILES string of the molecule is O=C(CCn1[nH]c(=O)c2ccccc2c1=O)Nc1ccc(F)cc1Cl. The number of benzene rings is 2. The van der Waals surface area contributed by atoms with E-state index in [0.717, 1.165) is 10.7 Å². The summed E-state index contributed by atoms with van der Waals surface area (Å²) in [4.78, 5) is 36.3. The minimum atomic E-state index is -0.511. The Morgan fingerprint density at radius 3 is 2.60 bits per heavy atom. The van der Waals surface area contributed by atoms with E-state index >= 15 is 0 Å². The smallest absolute Gasteiger partial charge is 0.273 e. The maximum Gasteiger partial charge on any atom is 0.273 e. The Balaban J connectivity index is 1.76. The molecular formula is C17H13ClFN3O3. The lowest BCUT2D eigenvalue weighted by Gasteiger charge is -2.09. The molecule has 0 fully saturated rings. The van der Waals surface area contributed by atoms with Crippen LogP contribution in [0.3, 0.4) is 0 Å². The standard InChI is InChI=1S/C17H13ClFN3O3/c18-13-9-10(19)5-6-14(13)20-15(23)7-8-22-17(25)12-4-2-1-3-11(12)16(24)21-22/h1-6,9H,7-8H2,(H,20,23)(H,21,24). The molecule has 25 heavy (non-hydrogen) atoms. The van der Waals surface area contributed by atoms with Gasteiger partial charge in [0.15, 0.2) is 0 Å². The highest BCUT2D eigenvalue weighted by molar-refractivity contribution is 6.33. The summed E-state index contributed by atoms with van der Waals surface area (Å²) >= 11 is 5.84. The highest BCUT2D eigenvalue weighted by Crippen LogP contribution is 2.22. The number of aromatic nitrogens is 2. The van der Waals surface area contributed by atoms with Crippen LogP contribution in [0.1, 0.15) is 6.42 Å². The normalized spacial score (nSPS) is 10.8. The second kappa shape index (κ2) is 6.90. The predicted octanol–water partition coefficient (Wildman–Crippen LogP) is 2.51. The van der Waals surface area contributed by atoms with E-state index in [2.05, 4.69) is 10.4 Å². The van der Waals surface area contributed by atoms with Crippen LogP contribution in [0.15, 0.2) is 52.1 Å². The Bertz CT molecular complexity index is 1070. The van der Waals surface area contributed by atoms with E-state index in [1.54, 1.807) is 24.3 Å². The molecule has 0 spiro atoms. The van der Waals surface area contributed by atoms with Gasteiger partial charge < -0.3 is 5.32 Å². The number of carbonyl (C=O) groups is 1. The molecular weight excluding hydrogens is 349 g/mol. The maximum absolute atomic E-state index is 13.0. The molecule has 8 heteroatoms. The first-order chi connectivity index (χ1) is 12.0. The number of hydrogen-bond donors (Lipinski definition) is 2. The van der Waals surface area contributed by atoms with Crippen LogP contribution in [0.25, 0.3) is 10.8 Å². The summed E-state index contributed by atoms with van der Waals surface area (Å²) in [5.41, 5.74) is -0.521. The Kier molecular flexibility index (Phi) is 4.67. The number of anilines is 1. The summed E-state index contributed by atoms with van der Waals surface area (Å²) in [5, 5.41) is 5.64. The molecule has 0 bridgehead atoms. The van der Waals surface area contributed by atoms with E-state index in [1.807, 2.05) is 0 Å². The molecule has 0 aliphatic rings. The average Bonchev–Trinajstić information content (AvgIpc) is 2.59. The third-order valence-corrected chi connectivity index (χ3v) is 3.96. The van der Waals surface area contributed by atoms with Crippen molar-refractivity contribution in [3.05, 3.63) is 74.0 Å². The van der Waals surface area contributed by atoms with Crippen LogP contribution in [-0.4, -0.2) is 15.7 Å². The van der Waals surface area contributed by atoms with Gasteiger partial charge in [0, 0.05) is 6.42 Å². The number of nitrogens with one attached hydrogen (secondary N) is 2. The molecule has 2 N–H and O–H groups in total. The molecule has 1 heterocycles. The van der Waals surface area contributed by atoms with Gasteiger partial charge in [0.1, 0.15) is 5.82 Å². The Labute approximate surface area is 145 Å². The molecule has 0 atom stereocenters. The van der Waals surface area contributed by atoms with Crippen molar-refractivity contribution >= 4 is 34.0 Å². The van der Waals surface area contributed by atoms with Gasteiger partial charge in [0.25, 0.3) is 11.1 Å². The van der Waals surface area contributed by atoms with Crippen molar-refractivity contribution in [2.24, 2.45) is 0 Å². The third kappa shape index (κ3) is 3.61. The van der Waals surface area contributed by atoms with Gasteiger partial charge in [-0.1, -0.05) is 23.7 Å². The number of aromatic amines is 1. The molecule has 0 unspecified atom stereocenters. The van der Waals surface area contributed by atoms with Crippen LogP contribution in [0, 0.1) is 5.82 Å². The number of fused-ring (bicyclic) bond motifs is 1. The molecule has 3 aromatic rings. The second-order valence-corrected chi connectivity index (χ2v) is 5.77. The minimum absolute atomic E-state index is 0.0104. The van der Waals surface area contributed by atoms with Crippen molar-refractivity contribution in [1.29, 1.82) is 0 Å². The lowest BCUT2D eigenvalue weighted by Crippen LogP contribution is -2.31. The van der Waals surface area contributed by atoms with Gasteiger partial charge in [-0.15, -0.1) is 0 Å². The summed E-state index contributed by atoms with van der Waals surface area (Å²) in [6.07, 6.45) is -0.0676. The molecule has 0 aliphatic carbocycles. The second-order valence-electron chi connectivity index (χ2n) is 5.37. The molecule has 128 valence electrons. The quantitative estimate of drug-likeness (QED) is 0.749. The number of H-pyrrole nitrogens is 1. The summed E-state index contributed by atoms with van der Waals surface area (Å²) in [6, 6.07) is 10.1. The highest BCUT2D eigenvalue weighted by Gasteiger charge is 2.10. The van der Waals surface area contributed by atoms with Crippen molar-refractivity contribution < 1.29 is 9.18 Å². The van der Waals surface area contributed by atoms with E-state index in [4.69, 9.17) is 11.6 Å². The molecule has 1 amide bonds. The fourth-order valence-electron chi connectivity index (χ4n) is 2.42. The van der Waals surface area contributed by atoms with Gasteiger partial charge >= 0.3 is 0 Å². The van der Waals surface area contributed by atoms with Gasteiger partial charge in [-0.2, -0.15) is 0 Å². The summed E-state index contributed by atoms with van der Waals surface area (Å²) in [5.74, 6) is -0.933. The number of hydrogen-bond acceptors (Lipinski definition) is 3. The Morgan fingerprint density at radius 2 is 1.88 bits per heavy atom. The van der Waals surface area contributed by atoms with Gasteiger partial charge in [0.2, 0.25) is 5.91 Å². The van der Waals surface area contributed by atoms with Crippen molar-refractivity contribution in [1.82, 2.24) is 9.78 Å². The molecule has 3 rings (SSSR count). The monoisotopic (exact) mass is 361 g/mol. The molecule has 0 aliphatic heterocycles. The Morgan fingerprint density at radius 1 is 1.16 bits per heavy atom. The fourth-order valence-corrected chi connectivity index (χ4v) is 2.64. The zero-order valence-electron chi connectivity index (χ0n) is 12.9. The van der Waals surface area contributed by atoms with Crippen LogP contribution >= 0.6 is 11.6 Å². The zero-order valence-corrected chi connectivity index (χ0v) is 13.6. The molecule has 6 nitrogen and oxygen atoms in total. The molecule has 2 aromatic carbocycles. The summed E-state index contributed by atoms with van der Waals surface area (Å²) in [6.45, 7) is -0.0104. The molecule has 0 saturated carbocycles. The molecule has 0 saturated heterocycles. The van der Waals surface area contributed by atoms with Gasteiger partial charge in [-0.25, -0.2) is 9.07 Å². The number of rotatable bonds is 4. The van der Waals surface area contributed by atoms with E-state index in [9.17, 15) is 18.8 Å². The van der Waals surface area contributed by atoms with Gasteiger partial charge in [-0.05, 0) is 30.3 Å². The number of amides is 1. The number of carbonyl (C=O) groups excluding carboxylic acids is 1. The molecule has 1 aromatic heterocycles. The number of halogens is 2.